The molecule has 0 aliphatic rings. The van der Waals surface area contributed by atoms with E-state index in [1.807, 2.05) is 55.6 Å². The summed E-state index contributed by atoms with van der Waals surface area (Å²) in [6.45, 7) is 2.54. The number of furan rings is 1. The fraction of sp³-hybridized carbons (Fsp3) is 0.143. The van der Waals surface area contributed by atoms with E-state index in [9.17, 15) is 4.79 Å². The molecule has 2 N–H and O–H groups in total. The maximum atomic E-state index is 12.4. The van der Waals surface area contributed by atoms with Gasteiger partial charge in [0.2, 0.25) is 0 Å². The molecule has 130 valence electrons. The Kier molecular flexibility index (Phi) is 4.37. The van der Waals surface area contributed by atoms with Crippen molar-refractivity contribution in [2.24, 2.45) is 0 Å². The molecule has 0 aliphatic carbocycles. The van der Waals surface area contributed by atoms with Crippen LogP contribution < -0.4 is 10.9 Å². The number of benzene rings is 1. The summed E-state index contributed by atoms with van der Waals surface area (Å²) in [5.74, 6) is 0.879. The molecule has 0 saturated carbocycles. The number of aromatic nitrogens is 2. The minimum Gasteiger partial charge on any atom is -0.463 e. The van der Waals surface area contributed by atoms with Crippen molar-refractivity contribution in [2.75, 3.05) is 0 Å². The molecule has 0 saturated heterocycles. The molecule has 4 rings (SSSR count). The normalized spacial score (nSPS) is 12.3. The maximum Gasteiger partial charge on any atom is 0.258 e. The van der Waals surface area contributed by atoms with Gasteiger partial charge in [-0.3, -0.25) is 9.20 Å². The van der Waals surface area contributed by atoms with Crippen LogP contribution in [0.2, 0.25) is 0 Å². The lowest BCUT2D eigenvalue weighted by Gasteiger charge is -2.14. The number of nitrogens with zero attached hydrogens (tertiary/aromatic N) is 2. The quantitative estimate of drug-likeness (QED) is 0.604. The van der Waals surface area contributed by atoms with Gasteiger partial charge in [-0.2, -0.15) is 0 Å². The molecule has 1 aromatic carbocycles. The molecule has 0 amide bonds. The first-order chi connectivity index (χ1) is 12.7. The number of rotatable bonds is 5. The predicted molar refractivity (Wildman–Crippen MR) is 98.8 cm³/mol. The third-order valence-corrected chi connectivity index (χ3v) is 4.43. The highest BCUT2D eigenvalue weighted by Crippen LogP contribution is 2.18. The molecule has 4 aromatic rings. The van der Waals surface area contributed by atoms with Crippen LogP contribution in [0.3, 0.4) is 0 Å². The molecule has 0 spiro atoms. The number of pyridine rings is 1. The molecule has 0 radical (unpaired) electrons. The summed E-state index contributed by atoms with van der Waals surface area (Å²) in [7, 11) is 0. The first-order valence-corrected chi connectivity index (χ1v) is 8.61. The standard InChI is InChI=1S/C21H19N3O2/c1-15-9-10-19-23-17(12-20(25)24(19)14-15)13-22-21(18-8-5-11-26-18)16-6-3-2-4-7-16/h2-12,14,21-22H,13H2,1H3/p+1/t21-/m0/s1. The van der Waals surface area contributed by atoms with Gasteiger partial charge in [-0.25, -0.2) is 4.98 Å². The number of nitrogens with two attached hydrogens (primary N) is 1. The van der Waals surface area contributed by atoms with E-state index in [0.717, 1.165) is 22.6 Å². The summed E-state index contributed by atoms with van der Waals surface area (Å²) in [6, 6.07) is 19.5. The van der Waals surface area contributed by atoms with E-state index in [4.69, 9.17) is 4.42 Å². The van der Waals surface area contributed by atoms with Gasteiger partial charge in [-0.1, -0.05) is 36.4 Å². The number of quaternary nitrogens is 1. The molecular formula is C21H20N3O2+. The van der Waals surface area contributed by atoms with Crippen molar-refractivity contribution in [1.29, 1.82) is 0 Å². The van der Waals surface area contributed by atoms with Gasteiger partial charge < -0.3 is 9.73 Å². The van der Waals surface area contributed by atoms with Gasteiger partial charge in [-0.15, -0.1) is 0 Å². The largest absolute Gasteiger partial charge is 0.463 e. The fourth-order valence-electron chi connectivity index (χ4n) is 3.15. The summed E-state index contributed by atoms with van der Waals surface area (Å²) in [6.07, 6.45) is 3.50. The first-order valence-electron chi connectivity index (χ1n) is 8.61. The lowest BCUT2D eigenvalue weighted by Crippen LogP contribution is -2.84. The average Bonchev–Trinajstić information content (AvgIpc) is 3.18. The highest BCUT2D eigenvalue weighted by molar-refractivity contribution is 5.39. The predicted octanol–water partition coefficient (Wildman–Crippen LogP) is 2.45. The van der Waals surface area contributed by atoms with E-state index in [0.29, 0.717) is 12.2 Å². The van der Waals surface area contributed by atoms with Gasteiger partial charge in [-0.05, 0) is 30.7 Å². The van der Waals surface area contributed by atoms with Crippen LogP contribution in [0.4, 0.5) is 0 Å². The lowest BCUT2D eigenvalue weighted by atomic mass is 10.0. The van der Waals surface area contributed by atoms with E-state index in [-0.39, 0.29) is 11.6 Å². The molecule has 0 fully saturated rings. The summed E-state index contributed by atoms with van der Waals surface area (Å²) in [4.78, 5) is 17.0. The van der Waals surface area contributed by atoms with Crippen LogP contribution in [0.15, 0.2) is 82.3 Å². The summed E-state index contributed by atoms with van der Waals surface area (Å²) in [5.41, 5.74) is 3.54. The van der Waals surface area contributed by atoms with Crippen molar-refractivity contribution in [3.63, 3.8) is 0 Å². The highest BCUT2D eigenvalue weighted by atomic mass is 16.3. The number of fused-ring (bicyclic) bond motifs is 1. The van der Waals surface area contributed by atoms with Crippen molar-refractivity contribution < 1.29 is 9.73 Å². The minimum atomic E-state index is -0.0589. The fourth-order valence-corrected chi connectivity index (χ4v) is 3.15. The van der Waals surface area contributed by atoms with Crippen molar-refractivity contribution in [3.8, 4) is 0 Å². The van der Waals surface area contributed by atoms with Crippen molar-refractivity contribution in [1.82, 2.24) is 9.38 Å². The topological polar surface area (TPSA) is 64.1 Å². The molecule has 1 atom stereocenters. The molecule has 0 unspecified atom stereocenters. The van der Waals surface area contributed by atoms with Gasteiger partial charge in [0.15, 0.2) is 11.8 Å². The van der Waals surface area contributed by atoms with Crippen LogP contribution in [0.1, 0.15) is 28.6 Å². The van der Waals surface area contributed by atoms with Crippen LogP contribution >= 0.6 is 0 Å². The Morgan fingerprint density at radius 1 is 1.12 bits per heavy atom. The third kappa shape index (κ3) is 3.30. The second-order valence-electron chi connectivity index (χ2n) is 6.36. The maximum absolute atomic E-state index is 12.4. The third-order valence-electron chi connectivity index (χ3n) is 4.43. The monoisotopic (exact) mass is 346 g/mol. The highest BCUT2D eigenvalue weighted by Gasteiger charge is 2.20. The zero-order valence-corrected chi connectivity index (χ0v) is 14.5. The number of hydrogen-bond donors (Lipinski definition) is 1. The lowest BCUT2D eigenvalue weighted by molar-refractivity contribution is -0.704. The Morgan fingerprint density at radius 2 is 1.96 bits per heavy atom. The Balaban J connectivity index is 1.63. The van der Waals surface area contributed by atoms with Gasteiger partial charge in [0, 0.05) is 17.8 Å². The SMILES string of the molecule is Cc1ccc2nc(C[NH2+][C@@H](c3ccccc3)c3ccco3)cc(=O)n2c1. The average molecular weight is 346 g/mol. The number of aryl methyl sites for hydroxylation is 1. The first kappa shape index (κ1) is 16.3. The van der Waals surface area contributed by atoms with Gasteiger partial charge in [0.05, 0.1) is 6.26 Å². The second kappa shape index (κ2) is 6.98. The Bertz CT molecular complexity index is 1070. The summed E-state index contributed by atoms with van der Waals surface area (Å²) in [5, 5.41) is 2.14. The molecule has 0 bridgehead atoms. The molecular weight excluding hydrogens is 326 g/mol. The van der Waals surface area contributed by atoms with E-state index in [2.05, 4.69) is 22.4 Å². The zero-order chi connectivity index (χ0) is 17.9. The second-order valence-corrected chi connectivity index (χ2v) is 6.36. The molecule has 0 aliphatic heterocycles. The van der Waals surface area contributed by atoms with Crippen LogP contribution in [-0.2, 0) is 6.54 Å². The van der Waals surface area contributed by atoms with Gasteiger partial charge in [0.1, 0.15) is 17.9 Å². The van der Waals surface area contributed by atoms with E-state index < -0.39 is 0 Å². The smallest absolute Gasteiger partial charge is 0.258 e. The Labute approximate surface area is 150 Å². The molecule has 5 heteroatoms. The van der Waals surface area contributed by atoms with Gasteiger partial charge >= 0.3 is 0 Å². The minimum absolute atomic E-state index is 0.0180. The van der Waals surface area contributed by atoms with E-state index in [1.54, 1.807) is 16.7 Å². The van der Waals surface area contributed by atoms with Crippen LogP contribution in [-0.4, -0.2) is 9.38 Å². The van der Waals surface area contributed by atoms with Crippen molar-refractivity contribution in [2.45, 2.75) is 19.5 Å². The molecule has 3 aromatic heterocycles. The molecule has 26 heavy (non-hydrogen) atoms. The van der Waals surface area contributed by atoms with Crippen LogP contribution in [0.5, 0.6) is 0 Å². The van der Waals surface area contributed by atoms with Crippen molar-refractivity contribution in [3.05, 3.63) is 106 Å². The van der Waals surface area contributed by atoms with Gasteiger partial charge in [0.25, 0.3) is 5.56 Å². The Hall–Kier alpha value is -3.18. The van der Waals surface area contributed by atoms with Crippen LogP contribution in [0.25, 0.3) is 5.65 Å². The van der Waals surface area contributed by atoms with Crippen molar-refractivity contribution >= 4 is 5.65 Å². The summed E-state index contributed by atoms with van der Waals surface area (Å²) >= 11 is 0. The van der Waals surface area contributed by atoms with E-state index in [1.165, 1.54) is 0 Å². The number of hydrogen-bond acceptors (Lipinski definition) is 3. The Morgan fingerprint density at radius 3 is 2.73 bits per heavy atom. The zero-order valence-electron chi connectivity index (χ0n) is 14.5. The molecule has 3 heterocycles. The van der Waals surface area contributed by atoms with Crippen LogP contribution in [0, 0.1) is 6.92 Å². The summed E-state index contributed by atoms with van der Waals surface area (Å²) < 4.78 is 7.21. The van der Waals surface area contributed by atoms with E-state index >= 15 is 0 Å². The molecule has 5 nitrogen and oxygen atoms in total.